The molecule has 0 bridgehead atoms. The predicted molar refractivity (Wildman–Crippen MR) is 152 cm³/mol. The lowest BCUT2D eigenvalue weighted by Gasteiger charge is -2.32. The Labute approximate surface area is 234 Å². The minimum absolute atomic E-state index is 0.0568. The van der Waals surface area contributed by atoms with Crippen LogP contribution < -0.4 is 10.1 Å². The number of piperidine rings is 1. The second kappa shape index (κ2) is 13.1. The number of hydrogen-bond acceptors (Lipinski definition) is 9. The average Bonchev–Trinajstić information content (AvgIpc) is 3.11. The molecule has 1 N–H and O–H groups in total. The first kappa shape index (κ1) is 30.1. The molecule has 2 aromatic heterocycles. The van der Waals surface area contributed by atoms with Gasteiger partial charge in [0, 0.05) is 27.8 Å². The second-order valence-electron chi connectivity index (χ2n) is 11.7. The highest BCUT2D eigenvalue weighted by Crippen LogP contribution is 2.27. The van der Waals surface area contributed by atoms with Gasteiger partial charge in [0.1, 0.15) is 46.2 Å². The maximum Gasteiger partial charge on any atom is 0.320 e. The highest BCUT2D eigenvalue weighted by molar-refractivity contribution is 9.10. The summed E-state index contributed by atoms with van der Waals surface area (Å²) < 4.78 is 19.5. The SMILES string of the molecule is CC(C)(C)OC(=O)CN1CCC(Oc2ccc(Nc3c(C#N)c(Br)nn3COCC[Si](C)(C)C)nc2)CC1. The topological polar surface area (TPSA) is 115 Å². The Balaban J connectivity index is 1.52. The van der Waals surface area contributed by atoms with Gasteiger partial charge in [0.15, 0.2) is 5.82 Å². The summed E-state index contributed by atoms with van der Waals surface area (Å²) in [5.41, 5.74) is -0.0843. The number of carbonyl (C=O) groups excluding carboxylic acids is 1. The third-order valence-corrected chi connectivity index (χ3v) is 8.08. The van der Waals surface area contributed by atoms with Crippen LogP contribution in [0, 0.1) is 11.3 Å². The molecule has 0 saturated carbocycles. The molecule has 10 nitrogen and oxygen atoms in total. The maximum absolute atomic E-state index is 12.1. The fraction of sp³-hybridized carbons (Fsp3) is 0.615. The summed E-state index contributed by atoms with van der Waals surface area (Å²) in [5.74, 6) is 1.56. The first-order chi connectivity index (χ1) is 17.8. The van der Waals surface area contributed by atoms with E-state index in [-0.39, 0.29) is 18.8 Å². The summed E-state index contributed by atoms with van der Waals surface area (Å²) in [6.45, 7) is 15.3. The zero-order valence-electron chi connectivity index (χ0n) is 23.2. The maximum atomic E-state index is 12.1. The van der Waals surface area contributed by atoms with E-state index >= 15 is 0 Å². The molecule has 1 aliphatic rings. The van der Waals surface area contributed by atoms with Crippen molar-refractivity contribution in [3.63, 3.8) is 0 Å². The number of nitriles is 1. The van der Waals surface area contributed by atoms with E-state index in [0.29, 0.717) is 40.7 Å². The Kier molecular flexibility index (Phi) is 10.3. The van der Waals surface area contributed by atoms with E-state index in [1.165, 1.54) is 0 Å². The molecule has 2 aromatic rings. The Morgan fingerprint density at radius 2 is 1.97 bits per heavy atom. The van der Waals surface area contributed by atoms with Crippen molar-refractivity contribution in [3.8, 4) is 11.8 Å². The van der Waals surface area contributed by atoms with Crippen LogP contribution in [0.25, 0.3) is 0 Å². The molecule has 0 atom stereocenters. The van der Waals surface area contributed by atoms with Crippen molar-refractivity contribution in [2.24, 2.45) is 0 Å². The minimum atomic E-state index is -1.20. The average molecular weight is 608 g/mol. The standard InChI is InChI=1S/C26H39BrN6O4Si/c1-26(2,3)37-23(34)17-32-11-9-19(10-12-32)36-20-7-8-22(29-16-20)30-25-21(15-28)24(27)31-33(25)18-35-13-14-38(4,5)6/h7-8,16,19H,9-14,17-18H2,1-6H3,(H,29,30). The fourth-order valence-corrected chi connectivity index (χ4v) is 5.09. The molecule has 0 aromatic carbocycles. The lowest BCUT2D eigenvalue weighted by molar-refractivity contribution is -0.156. The second-order valence-corrected chi connectivity index (χ2v) is 18.0. The lowest BCUT2D eigenvalue weighted by atomic mass is 10.1. The van der Waals surface area contributed by atoms with Crippen LogP contribution in [0.2, 0.25) is 25.7 Å². The highest BCUT2D eigenvalue weighted by Gasteiger charge is 2.25. The van der Waals surface area contributed by atoms with Gasteiger partial charge in [-0.25, -0.2) is 9.67 Å². The van der Waals surface area contributed by atoms with E-state index in [1.54, 1.807) is 10.9 Å². The Hall–Kier alpha value is -2.46. The molecule has 12 heteroatoms. The van der Waals surface area contributed by atoms with E-state index in [2.05, 4.69) is 61.9 Å². The van der Waals surface area contributed by atoms with Crippen molar-refractivity contribution in [1.29, 1.82) is 5.26 Å². The number of anilines is 2. The van der Waals surface area contributed by atoms with Crippen LogP contribution in [0.15, 0.2) is 22.9 Å². The first-order valence-corrected chi connectivity index (χ1v) is 17.4. The zero-order chi connectivity index (χ0) is 27.9. The van der Waals surface area contributed by atoms with Crippen LogP contribution >= 0.6 is 15.9 Å². The van der Waals surface area contributed by atoms with Crippen molar-refractivity contribution >= 4 is 41.6 Å². The third kappa shape index (κ3) is 9.69. The van der Waals surface area contributed by atoms with Gasteiger partial charge in [0.05, 0.1) is 12.7 Å². The summed E-state index contributed by atoms with van der Waals surface area (Å²) in [7, 11) is -1.20. The van der Waals surface area contributed by atoms with Gasteiger partial charge in [-0.3, -0.25) is 9.69 Å². The quantitative estimate of drug-likeness (QED) is 0.210. The van der Waals surface area contributed by atoms with Crippen LogP contribution in [0.3, 0.4) is 0 Å². The van der Waals surface area contributed by atoms with Crippen LogP contribution in [-0.2, 0) is 21.0 Å². The zero-order valence-corrected chi connectivity index (χ0v) is 25.8. The van der Waals surface area contributed by atoms with Crippen molar-refractivity contribution in [2.75, 3.05) is 31.6 Å². The van der Waals surface area contributed by atoms with Crippen molar-refractivity contribution in [1.82, 2.24) is 19.7 Å². The van der Waals surface area contributed by atoms with Crippen LogP contribution in [0.5, 0.6) is 5.75 Å². The molecule has 0 unspecified atom stereocenters. The lowest BCUT2D eigenvalue weighted by Crippen LogP contribution is -2.42. The van der Waals surface area contributed by atoms with Crippen LogP contribution in [-0.4, -0.2) is 71.7 Å². The predicted octanol–water partition coefficient (Wildman–Crippen LogP) is 5.15. The number of carbonyl (C=O) groups is 1. The van der Waals surface area contributed by atoms with Crippen molar-refractivity contribution in [3.05, 3.63) is 28.5 Å². The molecule has 3 rings (SSSR count). The number of nitrogens with one attached hydrogen (secondary N) is 1. The highest BCUT2D eigenvalue weighted by atomic mass is 79.9. The number of esters is 1. The van der Waals surface area contributed by atoms with Crippen molar-refractivity contribution < 1.29 is 19.0 Å². The summed E-state index contributed by atoms with van der Waals surface area (Å²) in [5, 5.41) is 17.2. The number of likely N-dealkylation sites (tertiary alicyclic amines) is 1. The van der Waals surface area contributed by atoms with Gasteiger partial charge in [-0.2, -0.15) is 10.4 Å². The van der Waals surface area contributed by atoms with E-state index in [9.17, 15) is 10.1 Å². The van der Waals surface area contributed by atoms with Gasteiger partial charge in [0.2, 0.25) is 0 Å². The molecular formula is C26H39BrN6O4Si. The molecule has 0 spiro atoms. The van der Waals surface area contributed by atoms with Gasteiger partial charge < -0.3 is 19.5 Å². The number of ether oxygens (including phenoxy) is 3. The largest absolute Gasteiger partial charge is 0.489 e. The molecular weight excluding hydrogens is 568 g/mol. The number of halogens is 1. The monoisotopic (exact) mass is 606 g/mol. The van der Waals surface area contributed by atoms with Gasteiger partial charge in [0.25, 0.3) is 0 Å². The number of hydrogen-bond donors (Lipinski definition) is 1. The number of nitrogens with zero attached hydrogens (tertiary/aromatic N) is 5. The summed E-state index contributed by atoms with van der Waals surface area (Å²) >= 11 is 3.37. The normalized spacial score (nSPS) is 15.2. The molecule has 0 amide bonds. The number of aromatic nitrogens is 3. The van der Waals surface area contributed by atoms with E-state index in [4.69, 9.17) is 14.2 Å². The summed E-state index contributed by atoms with van der Waals surface area (Å²) in [4.78, 5) is 18.7. The van der Waals surface area contributed by atoms with E-state index < -0.39 is 13.7 Å². The van der Waals surface area contributed by atoms with Crippen LogP contribution in [0.4, 0.5) is 11.6 Å². The van der Waals surface area contributed by atoms with E-state index in [0.717, 1.165) is 32.0 Å². The van der Waals surface area contributed by atoms with Crippen molar-refractivity contribution in [2.45, 2.75) is 77.7 Å². The summed E-state index contributed by atoms with van der Waals surface area (Å²) in [6, 6.07) is 6.90. The molecule has 1 fully saturated rings. The Bertz CT molecular complexity index is 1110. The molecule has 1 aliphatic heterocycles. The third-order valence-electron chi connectivity index (χ3n) is 5.82. The Morgan fingerprint density at radius 3 is 2.55 bits per heavy atom. The van der Waals surface area contributed by atoms with Gasteiger partial charge in [-0.05, 0) is 67.7 Å². The molecule has 208 valence electrons. The number of rotatable bonds is 11. The van der Waals surface area contributed by atoms with Gasteiger partial charge in [-0.15, -0.1) is 0 Å². The summed E-state index contributed by atoms with van der Waals surface area (Å²) in [6.07, 6.45) is 3.36. The van der Waals surface area contributed by atoms with Gasteiger partial charge >= 0.3 is 5.97 Å². The van der Waals surface area contributed by atoms with Gasteiger partial charge in [-0.1, -0.05) is 19.6 Å². The molecule has 38 heavy (non-hydrogen) atoms. The molecule has 0 aliphatic carbocycles. The molecule has 0 radical (unpaired) electrons. The van der Waals surface area contributed by atoms with Crippen LogP contribution in [0.1, 0.15) is 39.2 Å². The fourth-order valence-electron chi connectivity index (χ4n) is 3.86. The molecule has 1 saturated heterocycles. The Morgan fingerprint density at radius 1 is 1.26 bits per heavy atom. The first-order valence-electron chi connectivity index (χ1n) is 12.9. The minimum Gasteiger partial charge on any atom is -0.489 e. The number of pyridine rings is 1. The smallest absolute Gasteiger partial charge is 0.320 e. The van der Waals surface area contributed by atoms with E-state index in [1.807, 2.05) is 32.9 Å². The molecule has 3 heterocycles.